The van der Waals surface area contributed by atoms with Gasteiger partial charge in [-0.2, -0.15) is 0 Å². The highest BCUT2D eigenvalue weighted by Gasteiger charge is 2.09. The molecule has 0 amide bonds. The number of phenols is 1. The Morgan fingerprint density at radius 1 is 1.07 bits per heavy atom. The number of nitrogens with zero attached hydrogens (tertiary/aromatic N) is 2. The minimum Gasteiger partial charge on any atom is -0.507 e. The van der Waals surface area contributed by atoms with Gasteiger partial charge in [0.05, 0.1) is 12.8 Å². The third-order valence-corrected chi connectivity index (χ3v) is 4.29. The Labute approximate surface area is 160 Å². The van der Waals surface area contributed by atoms with Crippen LogP contribution in [0.25, 0.3) is 22.6 Å². The number of rotatable bonds is 4. The number of aromatic nitrogens is 1. The summed E-state index contributed by atoms with van der Waals surface area (Å²) in [4.78, 5) is 8.93. The topological polar surface area (TPSA) is 67.9 Å². The number of ether oxygens (including phenoxy) is 1. The van der Waals surface area contributed by atoms with E-state index in [1.807, 2.05) is 42.5 Å². The van der Waals surface area contributed by atoms with Gasteiger partial charge < -0.3 is 14.3 Å². The molecule has 5 nitrogen and oxygen atoms in total. The molecular formula is C21H15ClN2O3. The monoisotopic (exact) mass is 378 g/mol. The van der Waals surface area contributed by atoms with E-state index in [1.54, 1.807) is 25.5 Å². The Bertz CT molecular complexity index is 1130. The number of halogens is 1. The van der Waals surface area contributed by atoms with Gasteiger partial charge >= 0.3 is 0 Å². The van der Waals surface area contributed by atoms with Crippen molar-refractivity contribution in [1.29, 1.82) is 0 Å². The van der Waals surface area contributed by atoms with Gasteiger partial charge in [0.2, 0.25) is 5.89 Å². The third kappa shape index (κ3) is 3.64. The van der Waals surface area contributed by atoms with Crippen LogP contribution in [0.3, 0.4) is 0 Å². The summed E-state index contributed by atoms with van der Waals surface area (Å²) in [6.45, 7) is 0. The summed E-state index contributed by atoms with van der Waals surface area (Å²) in [6, 6.07) is 17.8. The second-order valence-electron chi connectivity index (χ2n) is 5.86. The molecule has 134 valence electrons. The molecule has 0 aliphatic carbocycles. The average Bonchev–Trinajstić information content (AvgIpc) is 3.12. The zero-order chi connectivity index (χ0) is 18.8. The van der Waals surface area contributed by atoms with E-state index in [9.17, 15) is 5.11 Å². The van der Waals surface area contributed by atoms with Crippen LogP contribution in [0.5, 0.6) is 11.5 Å². The second kappa shape index (κ2) is 7.13. The summed E-state index contributed by atoms with van der Waals surface area (Å²) in [6.07, 6.45) is 1.56. The summed E-state index contributed by atoms with van der Waals surface area (Å²) >= 11 is 5.95. The molecule has 0 aliphatic rings. The maximum absolute atomic E-state index is 9.87. The number of fused-ring (bicyclic) bond motifs is 1. The van der Waals surface area contributed by atoms with Crippen molar-refractivity contribution in [3.05, 3.63) is 71.2 Å². The lowest BCUT2D eigenvalue weighted by atomic mass is 10.2. The number of aliphatic imine (C=N–C) groups is 1. The molecule has 1 heterocycles. The van der Waals surface area contributed by atoms with E-state index in [0.717, 1.165) is 11.3 Å². The maximum Gasteiger partial charge on any atom is 0.227 e. The van der Waals surface area contributed by atoms with Crippen molar-refractivity contribution in [2.75, 3.05) is 7.11 Å². The number of hydrogen-bond acceptors (Lipinski definition) is 5. The lowest BCUT2D eigenvalue weighted by molar-refractivity contribution is 0.415. The minimum atomic E-state index is 0.118. The van der Waals surface area contributed by atoms with Crippen LogP contribution in [0, 0.1) is 0 Å². The number of aromatic hydroxyl groups is 1. The molecule has 1 aromatic heterocycles. The number of phenolic OH excluding ortho intramolecular Hbond substituents is 1. The number of hydrogen-bond donors (Lipinski definition) is 1. The predicted octanol–water partition coefficient (Wildman–Crippen LogP) is 5.61. The van der Waals surface area contributed by atoms with Crippen molar-refractivity contribution in [3.63, 3.8) is 0 Å². The lowest BCUT2D eigenvalue weighted by Gasteiger charge is -1.99. The minimum absolute atomic E-state index is 0.118. The summed E-state index contributed by atoms with van der Waals surface area (Å²) < 4.78 is 11.0. The molecule has 0 aliphatic heterocycles. The van der Waals surface area contributed by atoms with Gasteiger partial charge in [-0.25, -0.2) is 4.98 Å². The summed E-state index contributed by atoms with van der Waals surface area (Å²) in [7, 11) is 1.62. The van der Waals surface area contributed by atoms with Crippen LogP contribution in [0.1, 0.15) is 5.56 Å². The fourth-order valence-corrected chi connectivity index (χ4v) is 2.81. The summed E-state index contributed by atoms with van der Waals surface area (Å²) in [5.74, 6) is 1.42. The van der Waals surface area contributed by atoms with Crippen LogP contribution >= 0.6 is 11.6 Å². The molecule has 0 atom stereocenters. The highest BCUT2D eigenvalue weighted by Crippen LogP contribution is 2.28. The molecule has 4 aromatic rings. The molecule has 3 aromatic carbocycles. The van der Waals surface area contributed by atoms with E-state index in [1.165, 1.54) is 6.07 Å². The average molecular weight is 379 g/mol. The highest BCUT2D eigenvalue weighted by molar-refractivity contribution is 6.30. The van der Waals surface area contributed by atoms with E-state index in [2.05, 4.69) is 9.98 Å². The highest BCUT2D eigenvalue weighted by atomic mass is 35.5. The molecule has 6 heteroatoms. The quantitative estimate of drug-likeness (QED) is 0.468. The zero-order valence-electron chi connectivity index (χ0n) is 14.4. The Morgan fingerprint density at radius 3 is 2.67 bits per heavy atom. The van der Waals surface area contributed by atoms with Gasteiger partial charge in [0.1, 0.15) is 17.0 Å². The first kappa shape index (κ1) is 17.1. The molecule has 0 radical (unpaired) electrons. The summed E-state index contributed by atoms with van der Waals surface area (Å²) in [5, 5.41) is 10.4. The molecule has 4 rings (SSSR count). The van der Waals surface area contributed by atoms with Crippen LogP contribution < -0.4 is 4.74 Å². The van der Waals surface area contributed by atoms with E-state index >= 15 is 0 Å². The molecule has 0 spiro atoms. The number of oxazole rings is 1. The van der Waals surface area contributed by atoms with Crippen LogP contribution in [0.4, 0.5) is 5.69 Å². The molecular weight excluding hydrogens is 364 g/mol. The third-order valence-electron chi connectivity index (χ3n) is 4.05. The van der Waals surface area contributed by atoms with Crippen molar-refractivity contribution in [2.45, 2.75) is 0 Å². The smallest absolute Gasteiger partial charge is 0.227 e. The fourth-order valence-electron chi connectivity index (χ4n) is 2.63. The van der Waals surface area contributed by atoms with Crippen molar-refractivity contribution in [3.8, 4) is 23.0 Å². The van der Waals surface area contributed by atoms with Gasteiger partial charge in [-0.3, -0.25) is 4.99 Å². The first-order valence-electron chi connectivity index (χ1n) is 8.20. The maximum atomic E-state index is 9.87. The molecule has 0 bridgehead atoms. The van der Waals surface area contributed by atoms with Gasteiger partial charge in [-0.05, 0) is 60.7 Å². The largest absolute Gasteiger partial charge is 0.507 e. The van der Waals surface area contributed by atoms with Crippen molar-refractivity contribution >= 4 is 34.6 Å². The summed E-state index contributed by atoms with van der Waals surface area (Å²) in [5.41, 5.74) is 3.47. The fraction of sp³-hybridized carbons (Fsp3) is 0.0476. The molecule has 0 saturated carbocycles. The standard InChI is InChI=1S/C21H15ClN2O3/c1-26-17-6-2-13(3-7-17)21-24-18-11-16(5-9-20(18)27-21)23-12-14-10-15(22)4-8-19(14)25/h2-12,25H,1H3. The van der Waals surface area contributed by atoms with Gasteiger partial charge in [-0.15, -0.1) is 0 Å². The lowest BCUT2D eigenvalue weighted by Crippen LogP contribution is -1.82. The number of benzene rings is 3. The molecule has 27 heavy (non-hydrogen) atoms. The van der Waals surface area contributed by atoms with Crippen molar-refractivity contribution in [2.24, 2.45) is 4.99 Å². The SMILES string of the molecule is COc1ccc(-c2nc3cc(N=Cc4cc(Cl)ccc4O)ccc3o2)cc1. The Hall–Kier alpha value is -3.31. The second-order valence-corrected chi connectivity index (χ2v) is 6.30. The number of methoxy groups -OCH3 is 1. The van der Waals surface area contributed by atoms with Crippen LogP contribution in [-0.4, -0.2) is 23.4 Å². The van der Waals surface area contributed by atoms with Crippen LogP contribution in [0.15, 0.2) is 70.1 Å². The zero-order valence-corrected chi connectivity index (χ0v) is 15.1. The van der Waals surface area contributed by atoms with Gasteiger partial charge in [0.25, 0.3) is 0 Å². The van der Waals surface area contributed by atoms with Gasteiger partial charge in [0, 0.05) is 22.4 Å². The normalized spacial score (nSPS) is 11.3. The molecule has 0 saturated heterocycles. The van der Waals surface area contributed by atoms with E-state index in [-0.39, 0.29) is 5.75 Å². The Balaban J connectivity index is 1.64. The Morgan fingerprint density at radius 2 is 1.89 bits per heavy atom. The van der Waals surface area contributed by atoms with E-state index in [0.29, 0.717) is 33.3 Å². The first-order chi connectivity index (χ1) is 13.1. The Kier molecular flexibility index (Phi) is 4.52. The van der Waals surface area contributed by atoms with E-state index in [4.69, 9.17) is 20.8 Å². The van der Waals surface area contributed by atoms with Crippen LogP contribution in [-0.2, 0) is 0 Å². The molecule has 1 N–H and O–H groups in total. The van der Waals surface area contributed by atoms with Gasteiger partial charge in [0.15, 0.2) is 5.58 Å². The molecule has 0 unspecified atom stereocenters. The van der Waals surface area contributed by atoms with Gasteiger partial charge in [-0.1, -0.05) is 11.6 Å². The van der Waals surface area contributed by atoms with E-state index < -0.39 is 0 Å². The van der Waals surface area contributed by atoms with Crippen molar-refractivity contribution < 1.29 is 14.3 Å². The van der Waals surface area contributed by atoms with Crippen LogP contribution in [0.2, 0.25) is 5.02 Å². The molecule has 0 fully saturated rings. The first-order valence-corrected chi connectivity index (χ1v) is 8.58. The van der Waals surface area contributed by atoms with Crippen molar-refractivity contribution in [1.82, 2.24) is 4.98 Å². The predicted molar refractivity (Wildman–Crippen MR) is 106 cm³/mol.